The van der Waals surface area contributed by atoms with E-state index in [4.69, 9.17) is 10.2 Å². The minimum atomic E-state index is -2.24. The van der Waals surface area contributed by atoms with Gasteiger partial charge in [-0.15, -0.1) is 6.58 Å². The van der Waals surface area contributed by atoms with Gasteiger partial charge in [-0.1, -0.05) is 6.08 Å². The Morgan fingerprint density at radius 1 is 1.33 bits per heavy atom. The fourth-order valence-electron chi connectivity index (χ4n) is 1.20. The van der Waals surface area contributed by atoms with E-state index in [1.165, 1.54) is 6.08 Å². The van der Waals surface area contributed by atoms with Gasteiger partial charge in [0.25, 0.3) is 0 Å². The van der Waals surface area contributed by atoms with Crippen molar-refractivity contribution in [2.24, 2.45) is 0 Å². The second-order valence-corrected chi connectivity index (χ2v) is 3.26. The maximum absolute atomic E-state index is 10.3. The van der Waals surface area contributed by atoms with Gasteiger partial charge in [-0.05, 0) is 6.42 Å². The van der Waals surface area contributed by atoms with Crippen LogP contribution in [0.3, 0.4) is 0 Å². The third-order valence-electron chi connectivity index (χ3n) is 2.18. The zero-order valence-electron chi connectivity index (χ0n) is 8.15. The molecule has 0 bridgehead atoms. The van der Waals surface area contributed by atoms with Gasteiger partial charge in [-0.3, -0.25) is 0 Å². The molecule has 0 saturated heterocycles. The van der Waals surface area contributed by atoms with E-state index in [1.54, 1.807) is 0 Å². The van der Waals surface area contributed by atoms with Gasteiger partial charge < -0.3 is 30.3 Å². The van der Waals surface area contributed by atoms with Gasteiger partial charge in [0, 0.05) is 0 Å². The zero-order chi connectivity index (χ0) is 12.1. The lowest BCUT2D eigenvalue weighted by Crippen LogP contribution is -2.57. The highest BCUT2D eigenvalue weighted by Gasteiger charge is 2.44. The molecule has 0 unspecified atom stereocenters. The van der Waals surface area contributed by atoms with Crippen molar-refractivity contribution in [2.75, 3.05) is 6.61 Å². The second-order valence-electron chi connectivity index (χ2n) is 3.26. The Morgan fingerprint density at radius 2 is 1.87 bits per heavy atom. The van der Waals surface area contributed by atoms with Gasteiger partial charge >= 0.3 is 0 Å². The molecule has 0 aliphatic heterocycles. The lowest BCUT2D eigenvalue weighted by atomic mass is 9.84. The molecule has 0 rings (SSSR count). The van der Waals surface area contributed by atoms with Crippen molar-refractivity contribution in [1.82, 2.24) is 0 Å². The van der Waals surface area contributed by atoms with E-state index >= 15 is 0 Å². The molecule has 0 spiro atoms. The summed E-state index contributed by atoms with van der Waals surface area (Å²) in [6, 6.07) is 0. The number of hydrogen-bond donors (Lipinski definition) is 5. The molecule has 0 amide bonds. The van der Waals surface area contributed by atoms with Crippen LogP contribution in [0.1, 0.15) is 6.42 Å². The highest BCUT2D eigenvalue weighted by atomic mass is 16.4. The van der Waals surface area contributed by atoms with Crippen LogP contribution in [0.25, 0.3) is 0 Å². The molecule has 6 heteroatoms. The van der Waals surface area contributed by atoms with Crippen LogP contribution in [0.15, 0.2) is 12.7 Å². The molecule has 0 aliphatic carbocycles. The maximum atomic E-state index is 10.3. The van der Waals surface area contributed by atoms with Crippen LogP contribution in [0.5, 0.6) is 0 Å². The third-order valence-corrected chi connectivity index (χ3v) is 2.18. The number of hydrogen-bond acceptors (Lipinski definition) is 6. The molecule has 5 N–H and O–H groups in total. The number of rotatable bonds is 7. The summed E-state index contributed by atoms with van der Waals surface area (Å²) >= 11 is 0. The van der Waals surface area contributed by atoms with Crippen LogP contribution in [0.4, 0.5) is 0 Å². The van der Waals surface area contributed by atoms with Crippen LogP contribution >= 0.6 is 0 Å². The average Bonchev–Trinajstić information content (AvgIpc) is 2.25. The number of aliphatic hydroxyl groups excluding tert-OH is 4. The lowest BCUT2D eigenvalue weighted by Gasteiger charge is -2.35. The molecule has 0 aliphatic rings. The number of aldehydes is 1. The highest BCUT2D eigenvalue weighted by molar-refractivity contribution is 5.58. The zero-order valence-corrected chi connectivity index (χ0v) is 8.15. The summed E-state index contributed by atoms with van der Waals surface area (Å²) < 4.78 is 0. The predicted molar refractivity (Wildman–Crippen MR) is 50.9 cm³/mol. The summed E-state index contributed by atoms with van der Waals surface area (Å²) in [7, 11) is 0. The summed E-state index contributed by atoms with van der Waals surface area (Å²) in [5.41, 5.74) is -2.24. The summed E-state index contributed by atoms with van der Waals surface area (Å²) in [6.07, 6.45) is -4.45. The topological polar surface area (TPSA) is 118 Å². The number of carbonyl (C=O) groups is 1. The normalized spacial score (nSPS) is 21.1. The summed E-state index contributed by atoms with van der Waals surface area (Å²) in [4.78, 5) is 10.3. The van der Waals surface area contributed by atoms with Crippen molar-refractivity contribution < 1.29 is 30.3 Å². The van der Waals surface area contributed by atoms with Crippen molar-refractivity contribution in [3.8, 4) is 0 Å². The standard InChI is InChI=1S/C9H16O6/c1-2-3-9(15,7(13)5-11)8(14)6(12)4-10/h2,5-8,10,12-15H,1,3-4H2/t6-,7+,8-,9-/m1/s1. The number of aliphatic hydroxyl groups is 5. The van der Waals surface area contributed by atoms with E-state index in [-0.39, 0.29) is 12.7 Å². The molecular formula is C9H16O6. The van der Waals surface area contributed by atoms with E-state index in [2.05, 4.69) is 6.58 Å². The molecule has 0 aromatic heterocycles. The Balaban J connectivity index is 4.90. The smallest absolute Gasteiger partial charge is 0.151 e. The molecule has 0 aromatic carbocycles. The van der Waals surface area contributed by atoms with Gasteiger partial charge in [-0.2, -0.15) is 0 Å². The van der Waals surface area contributed by atoms with Crippen LogP contribution in [-0.4, -0.2) is 62.3 Å². The Kier molecular flexibility index (Phi) is 5.63. The second kappa shape index (κ2) is 5.94. The molecule has 4 atom stereocenters. The van der Waals surface area contributed by atoms with Crippen molar-refractivity contribution in [1.29, 1.82) is 0 Å². The van der Waals surface area contributed by atoms with Crippen LogP contribution in [0.2, 0.25) is 0 Å². The van der Waals surface area contributed by atoms with E-state index < -0.39 is 30.5 Å². The van der Waals surface area contributed by atoms with Gasteiger partial charge in [-0.25, -0.2) is 0 Å². The Morgan fingerprint density at radius 3 is 2.20 bits per heavy atom. The molecular weight excluding hydrogens is 204 g/mol. The van der Waals surface area contributed by atoms with Crippen molar-refractivity contribution >= 4 is 6.29 Å². The quantitative estimate of drug-likeness (QED) is 0.240. The largest absolute Gasteiger partial charge is 0.394 e. The molecule has 0 saturated carbocycles. The monoisotopic (exact) mass is 220 g/mol. The molecule has 88 valence electrons. The van der Waals surface area contributed by atoms with Gasteiger partial charge in [0.2, 0.25) is 0 Å². The minimum Gasteiger partial charge on any atom is -0.394 e. The third kappa shape index (κ3) is 3.08. The van der Waals surface area contributed by atoms with E-state index in [1.807, 2.05) is 0 Å². The Bertz CT molecular complexity index is 219. The Labute approximate surface area is 87.1 Å². The lowest BCUT2D eigenvalue weighted by molar-refractivity contribution is -0.179. The first-order valence-corrected chi connectivity index (χ1v) is 4.37. The van der Waals surface area contributed by atoms with Gasteiger partial charge in [0.1, 0.15) is 23.9 Å². The van der Waals surface area contributed by atoms with E-state index in [0.29, 0.717) is 0 Å². The first-order valence-electron chi connectivity index (χ1n) is 4.37. The highest BCUT2D eigenvalue weighted by Crippen LogP contribution is 2.22. The summed E-state index contributed by atoms with van der Waals surface area (Å²) in [5.74, 6) is 0. The van der Waals surface area contributed by atoms with Crippen LogP contribution < -0.4 is 0 Å². The predicted octanol–water partition coefficient (Wildman–Crippen LogP) is -2.43. The first kappa shape index (κ1) is 14.2. The fraction of sp³-hybridized carbons (Fsp3) is 0.667. The minimum absolute atomic E-state index is 0.0385. The molecule has 15 heavy (non-hydrogen) atoms. The van der Waals surface area contributed by atoms with Gasteiger partial charge in [0.15, 0.2) is 6.29 Å². The molecule has 6 nitrogen and oxygen atoms in total. The first-order chi connectivity index (χ1) is 6.93. The van der Waals surface area contributed by atoms with Crippen molar-refractivity contribution in [2.45, 2.75) is 30.3 Å². The van der Waals surface area contributed by atoms with Crippen LogP contribution in [0, 0.1) is 0 Å². The molecule has 0 fully saturated rings. The summed E-state index contributed by atoms with van der Waals surface area (Å²) in [5, 5.41) is 46.1. The fourth-order valence-corrected chi connectivity index (χ4v) is 1.20. The van der Waals surface area contributed by atoms with Gasteiger partial charge in [0.05, 0.1) is 6.61 Å². The van der Waals surface area contributed by atoms with E-state index in [0.717, 1.165) is 0 Å². The molecule has 0 heterocycles. The van der Waals surface area contributed by atoms with Crippen molar-refractivity contribution in [3.05, 3.63) is 12.7 Å². The molecule has 0 radical (unpaired) electrons. The van der Waals surface area contributed by atoms with Crippen molar-refractivity contribution in [3.63, 3.8) is 0 Å². The Hall–Kier alpha value is -0.790. The molecule has 0 aromatic rings. The number of carbonyl (C=O) groups excluding carboxylic acids is 1. The van der Waals surface area contributed by atoms with Crippen LogP contribution in [-0.2, 0) is 4.79 Å². The maximum Gasteiger partial charge on any atom is 0.151 e. The summed E-state index contributed by atoms with van der Waals surface area (Å²) in [6.45, 7) is 2.49. The van der Waals surface area contributed by atoms with E-state index in [9.17, 15) is 20.1 Å². The SMILES string of the molecule is C=CC[C@](O)([C@H](O)[C@H](O)CO)[C@@H](O)C=O. The average molecular weight is 220 g/mol.